The van der Waals surface area contributed by atoms with E-state index in [1.165, 1.54) is 10.5 Å². The number of carbonyl (C=O) groups is 1. The highest BCUT2D eigenvalue weighted by molar-refractivity contribution is 5.92. The van der Waals surface area contributed by atoms with E-state index in [0.717, 1.165) is 43.8 Å². The molecule has 1 saturated heterocycles. The number of nitrogens with one attached hydrogen (secondary N) is 2. The molecule has 6 nitrogen and oxygen atoms in total. The molecule has 1 fully saturated rings. The number of benzene rings is 1. The molecule has 6 heteroatoms. The number of nitrogens with zero attached hydrogens (tertiary/aromatic N) is 2. The summed E-state index contributed by atoms with van der Waals surface area (Å²) in [6, 6.07) is 12.5. The van der Waals surface area contributed by atoms with Crippen LogP contribution in [0, 0.1) is 25.2 Å². The number of amides is 1. The zero-order valence-corrected chi connectivity index (χ0v) is 17.6. The first-order valence-corrected chi connectivity index (χ1v) is 10.4. The van der Waals surface area contributed by atoms with Gasteiger partial charge in [0.25, 0.3) is 5.91 Å². The van der Waals surface area contributed by atoms with E-state index in [1.807, 2.05) is 36.6 Å². The van der Waals surface area contributed by atoms with Crippen molar-refractivity contribution >= 4 is 11.7 Å². The highest BCUT2D eigenvalue weighted by Crippen LogP contribution is 2.28. The zero-order valence-electron chi connectivity index (χ0n) is 17.6. The van der Waals surface area contributed by atoms with Crippen molar-refractivity contribution in [2.75, 3.05) is 25.0 Å². The van der Waals surface area contributed by atoms with Crippen molar-refractivity contribution in [2.45, 2.75) is 52.8 Å². The summed E-state index contributed by atoms with van der Waals surface area (Å²) >= 11 is 0. The van der Waals surface area contributed by atoms with Crippen molar-refractivity contribution < 1.29 is 14.4 Å². The first-order chi connectivity index (χ1) is 14.0. The molecule has 1 aromatic carbocycles. The molecular formula is C23H31N4O2+. The number of ether oxygens (including phenoxy) is 1. The van der Waals surface area contributed by atoms with Crippen LogP contribution in [0.4, 0.5) is 5.82 Å². The first kappa shape index (κ1) is 21.1. The fourth-order valence-electron chi connectivity index (χ4n) is 3.95. The Hall–Kier alpha value is -2.62. The van der Waals surface area contributed by atoms with Gasteiger partial charge < -0.3 is 19.5 Å². The van der Waals surface area contributed by atoms with Gasteiger partial charge in [0, 0.05) is 17.9 Å². The van der Waals surface area contributed by atoms with Crippen LogP contribution >= 0.6 is 0 Å². The second kappa shape index (κ2) is 9.73. The quantitative estimate of drug-likeness (QED) is 0.720. The van der Waals surface area contributed by atoms with E-state index in [1.54, 1.807) is 0 Å². The Morgan fingerprint density at radius 3 is 2.72 bits per heavy atom. The topological polar surface area (TPSA) is 71.5 Å². The maximum absolute atomic E-state index is 12.9. The summed E-state index contributed by atoms with van der Waals surface area (Å²) in [5.41, 5.74) is 3.69. The summed E-state index contributed by atoms with van der Waals surface area (Å²) in [5.74, 6) is 0.540. The molecule has 0 bridgehead atoms. The first-order valence-electron chi connectivity index (χ1n) is 10.4. The van der Waals surface area contributed by atoms with Crippen LogP contribution in [0.1, 0.15) is 42.1 Å². The number of quaternary nitrogens is 1. The summed E-state index contributed by atoms with van der Waals surface area (Å²) in [4.78, 5) is 14.0. The lowest BCUT2D eigenvalue weighted by molar-refractivity contribution is -0.903. The number of rotatable bonds is 8. The third kappa shape index (κ3) is 5.06. The molecule has 2 atom stereocenters. The molecule has 2 aromatic rings. The average Bonchev–Trinajstić information content (AvgIpc) is 3.31. The molecule has 1 unspecified atom stereocenters. The van der Waals surface area contributed by atoms with Gasteiger partial charge in [-0.25, -0.2) is 0 Å². The van der Waals surface area contributed by atoms with Gasteiger partial charge in [0.1, 0.15) is 18.4 Å². The van der Waals surface area contributed by atoms with Crippen molar-refractivity contribution in [2.24, 2.45) is 0 Å². The van der Waals surface area contributed by atoms with E-state index < -0.39 is 0 Å². The smallest absolute Gasteiger partial charge is 0.280 e. The minimum Gasteiger partial charge on any atom is -0.376 e. The van der Waals surface area contributed by atoms with Gasteiger partial charge in [-0.15, -0.1) is 0 Å². The fourth-order valence-corrected chi connectivity index (χ4v) is 3.95. The molecule has 0 saturated carbocycles. The molecule has 154 valence electrons. The minimum atomic E-state index is -0.0691. The highest BCUT2D eigenvalue weighted by Gasteiger charge is 2.25. The normalized spacial score (nSPS) is 17.1. The van der Waals surface area contributed by atoms with Gasteiger partial charge in [-0.05, 0) is 39.2 Å². The van der Waals surface area contributed by atoms with E-state index in [0.29, 0.717) is 24.5 Å². The molecule has 0 spiro atoms. The summed E-state index contributed by atoms with van der Waals surface area (Å²) in [6.07, 6.45) is 2.21. The summed E-state index contributed by atoms with van der Waals surface area (Å²) < 4.78 is 7.83. The lowest BCUT2D eigenvalue weighted by atomic mass is 10.2. The van der Waals surface area contributed by atoms with Gasteiger partial charge in [-0.3, -0.25) is 4.79 Å². The van der Waals surface area contributed by atoms with Crippen molar-refractivity contribution in [1.82, 2.24) is 4.57 Å². The summed E-state index contributed by atoms with van der Waals surface area (Å²) in [7, 11) is 0. The SMILES string of the molecule is CC[NH+](CC(=O)Nc1c(C#N)c(C)c(C)n1C[C@H]1CCCO1)Cc1ccccc1. The summed E-state index contributed by atoms with van der Waals surface area (Å²) in [5, 5.41) is 12.7. The Kier molecular flexibility index (Phi) is 7.08. The molecule has 2 N–H and O–H groups in total. The lowest BCUT2D eigenvalue weighted by Crippen LogP contribution is -3.11. The van der Waals surface area contributed by atoms with Crippen LogP contribution < -0.4 is 10.2 Å². The Morgan fingerprint density at radius 1 is 1.34 bits per heavy atom. The van der Waals surface area contributed by atoms with Crippen molar-refractivity contribution in [3.63, 3.8) is 0 Å². The molecule has 3 rings (SSSR count). The highest BCUT2D eigenvalue weighted by atomic mass is 16.5. The van der Waals surface area contributed by atoms with Gasteiger partial charge in [0.2, 0.25) is 0 Å². The number of anilines is 1. The average molecular weight is 396 g/mol. The molecule has 1 aliphatic rings. The largest absolute Gasteiger partial charge is 0.376 e. The molecule has 0 aliphatic carbocycles. The van der Waals surface area contributed by atoms with Gasteiger partial charge in [0.05, 0.1) is 24.8 Å². The maximum Gasteiger partial charge on any atom is 0.280 e. The minimum absolute atomic E-state index is 0.0691. The van der Waals surface area contributed by atoms with E-state index in [-0.39, 0.29) is 12.0 Å². The third-order valence-electron chi connectivity index (χ3n) is 5.82. The molecular weight excluding hydrogens is 364 g/mol. The van der Waals surface area contributed by atoms with E-state index >= 15 is 0 Å². The van der Waals surface area contributed by atoms with Gasteiger partial charge in [-0.2, -0.15) is 5.26 Å². The molecule has 29 heavy (non-hydrogen) atoms. The Balaban J connectivity index is 1.74. The van der Waals surface area contributed by atoms with Gasteiger partial charge in [0.15, 0.2) is 6.54 Å². The van der Waals surface area contributed by atoms with E-state index in [9.17, 15) is 10.1 Å². The summed E-state index contributed by atoms with van der Waals surface area (Å²) in [6.45, 7) is 9.48. The standard InChI is InChI=1S/C23H30N4O2/c1-4-26(14-19-9-6-5-7-10-19)16-22(28)25-23-21(13-24)17(2)18(3)27(23)15-20-11-8-12-29-20/h5-7,9-10,20H,4,8,11-12,14-16H2,1-3H3,(H,25,28)/p+1/t20-/m1/s1. The van der Waals surface area contributed by atoms with E-state index in [4.69, 9.17) is 4.74 Å². The van der Waals surface area contributed by atoms with Crippen molar-refractivity contribution in [1.29, 1.82) is 5.26 Å². The second-order valence-corrected chi connectivity index (χ2v) is 7.78. The van der Waals surface area contributed by atoms with Crippen LogP contribution in [-0.2, 0) is 22.6 Å². The number of aromatic nitrogens is 1. The predicted octanol–water partition coefficient (Wildman–Crippen LogP) is 2.20. The van der Waals surface area contributed by atoms with Crippen LogP contribution in [-0.4, -0.2) is 36.3 Å². The van der Waals surface area contributed by atoms with Crippen LogP contribution in [0.25, 0.3) is 0 Å². The Morgan fingerprint density at radius 2 is 2.10 bits per heavy atom. The number of likely N-dealkylation sites (N-methyl/N-ethyl adjacent to an activating group) is 1. The number of carbonyl (C=O) groups excluding carboxylic acids is 1. The van der Waals surface area contributed by atoms with E-state index in [2.05, 4.69) is 30.4 Å². The van der Waals surface area contributed by atoms with Crippen LogP contribution in [0.3, 0.4) is 0 Å². The molecule has 1 amide bonds. The van der Waals surface area contributed by atoms with Crippen LogP contribution in [0.5, 0.6) is 0 Å². The van der Waals surface area contributed by atoms with Gasteiger partial charge >= 0.3 is 0 Å². The monoisotopic (exact) mass is 395 g/mol. The number of hydrogen-bond acceptors (Lipinski definition) is 3. The van der Waals surface area contributed by atoms with Crippen LogP contribution in [0.15, 0.2) is 30.3 Å². The molecule has 2 heterocycles. The maximum atomic E-state index is 12.9. The Labute approximate surface area is 173 Å². The number of nitriles is 1. The third-order valence-corrected chi connectivity index (χ3v) is 5.82. The second-order valence-electron chi connectivity index (χ2n) is 7.78. The van der Waals surface area contributed by atoms with Crippen molar-refractivity contribution in [3.05, 3.63) is 52.7 Å². The number of hydrogen-bond donors (Lipinski definition) is 2. The molecule has 1 aromatic heterocycles. The predicted molar refractivity (Wildman–Crippen MR) is 113 cm³/mol. The zero-order chi connectivity index (χ0) is 20.8. The molecule has 1 aliphatic heterocycles. The molecule has 0 radical (unpaired) electrons. The van der Waals surface area contributed by atoms with Crippen molar-refractivity contribution in [3.8, 4) is 6.07 Å². The fraction of sp³-hybridized carbons (Fsp3) is 0.478. The van der Waals surface area contributed by atoms with Gasteiger partial charge in [-0.1, -0.05) is 30.3 Å². The Bertz CT molecular complexity index is 877. The lowest BCUT2D eigenvalue weighted by Gasteiger charge is -2.19. The van der Waals surface area contributed by atoms with Crippen LogP contribution in [0.2, 0.25) is 0 Å².